The summed E-state index contributed by atoms with van der Waals surface area (Å²) in [5, 5.41) is 0. The number of benzene rings is 1. The maximum atomic E-state index is 13.0. The predicted molar refractivity (Wildman–Crippen MR) is 122 cm³/mol. The summed E-state index contributed by atoms with van der Waals surface area (Å²) in [6, 6.07) is 3.46. The van der Waals surface area contributed by atoms with Crippen LogP contribution in [0.25, 0.3) is 6.08 Å². The number of likely N-dealkylation sites (N-methyl/N-ethyl adjacent to an activating group) is 1. The van der Waals surface area contributed by atoms with E-state index in [0.717, 1.165) is 6.42 Å². The molecule has 0 atom stereocenters. The van der Waals surface area contributed by atoms with Crippen molar-refractivity contribution in [3.63, 3.8) is 0 Å². The van der Waals surface area contributed by atoms with Gasteiger partial charge in [-0.1, -0.05) is 13.3 Å². The van der Waals surface area contributed by atoms with E-state index >= 15 is 0 Å². The SMILES string of the molecule is CCCCn1c(N)c(N(CC)C(=O)/C=C/c2cc(OC)c3c(c2)OCCO3)c(=O)[nH]c1=O. The number of nitrogen functional groups attached to an aromatic ring is 1. The van der Waals surface area contributed by atoms with Crippen LogP contribution >= 0.6 is 0 Å². The minimum atomic E-state index is -0.704. The Morgan fingerprint density at radius 2 is 2.03 bits per heavy atom. The fourth-order valence-electron chi connectivity index (χ4n) is 3.45. The highest BCUT2D eigenvalue weighted by Crippen LogP contribution is 2.40. The highest BCUT2D eigenvalue weighted by atomic mass is 16.6. The number of aromatic nitrogens is 2. The molecule has 1 aliphatic heterocycles. The van der Waals surface area contributed by atoms with E-state index in [9.17, 15) is 14.4 Å². The lowest BCUT2D eigenvalue weighted by molar-refractivity contribution is -0.114. The highest BCUT2D eigenvalue weighted by molar-refractivity contribution is 6.05. The molecule has 1 aliphatic rings. The molecule has 1 amide bonds. The summed E-state index contributed by atoms with van der Waals surface area (Å²) in [5.41, 5.74) is 5.46. The number of rotatable bonds is 8. The molecule has 0 unspecified atom stereocenters. The van der Waals surface area contributed by atoms with Crippen LogP contribution < -0.4 is 36.1 Å². The van der Waals surface area contributed by atoms with Crippen molar-refractivity contribution in [1.29, 1.82) is 0 Å². The number of amides is 1. The van der Waals surface area contributed by atoms with Crippen molar-refractivity contribution in [2.24, 2.45) is 0 Å². The van der Waals surface area contributed by atoms with Crippen molar-refractivity contribution in [1.82, 2.24) is 9.55 Å². The molecule has 0 bridgehead atoms. The molecule has 0 spiro atoms. The fourth-order valence-corrected chi connectivity index (χ4v) is 3.45. The Bertz CT molecular complexity index is 1120. The quantitative estimate of drug-likeness (QED) is 0.594. The number of nitrogens with zero attached hydrogens (tertiary/aromatic N) is 2. The maximum Gasteiger partial charge on any atom is 0.330 e. The zero-order valence-corrected chi connectivity index (χ0v) is 18.5. The molecule has 2 heterocycles. The van der Waals surface area contributed by atoms with Crippen molar-refractivity contribution in [3.05, 3.63) is 44.6 Å². The van der Waals surface area contributed by atoms with Gasteiger partial charge in [0.05, 0.1) is 7.11 Å². The first-order chi connectivity index (χ1) is 15.4. The Morgan fingerprint density at radius 3 is 2.72 bits per heavy atom. The number of H-pyrrole nitrogens is 1. The lowest BCUT2D eigenvalue weighted by Gasteiger charge is -2.22. The van der Waals surface area contributed by atoms with Gasteiger partial charge in [0.2, 0.25) is 5.75 Å². The number of fused-ring (bicyclic) bond motifs is 1. The van der Waals surface area contributed by atoms with Gasteiger partial charge in [0.25, 0.3) is 11.5 Å². The first-order valence-electron chi connectivity index (χ1n) is 10.5. The van der Waals surface area contributed by atoms with Crippen LogP contribution in [0, 0.1) is 0 Å². The molecule has 3 N–H and O–H groups in total. The summed E-state index contributed by atoms with van der Waals surface area (Å²) in [5.74, 6) is 1.05. The number of ether oxygens (including phenoxy) is 3. The van der Waals surface area contributed by atoms with Gasteiger partial charge in [0, 0.05) is 19.2 Å². The Morgan fingerprint density at radius 1 is 1.28 bits per heavy atom. The molecule has 1 aromatic carbocycles. The van der Waals surface area contributed by atoms with Crippen LogP contribution in [-0.2, 0) is 11.3 Å². The average Bonchev–Trinajstić information content (AvgIpc) is 2.79. The summed E-state index contributed by atoms with van der Waals surface area (Å²) in [6.07, 6.45) is 4.47. The van der Waals surface area contributed by atoms with E-state index in [1.165, 1.54) is 22.7 Å². The number of nitrogens with one attached hydrogen (secondary N) is 1. The standard InChI is InChI=1S/C22H28N4O6/c1-4-6-9-26-20(23)18(21(28)24-22(26)29)25(5-2)17(27)8-7-14-12-15(30-3)19-16(13-14)31-10-11-32-19/h7-8,12-13H,4-6,9-11,23H2,1-3H3,(H,24,28,29)/b8-7+. The smallest absolute Gasteiger partial charge is 0.330 e. The third-order valence-electron chi connectivity index (χ3n) is 5.07. The normalized spacial score (nSPS) is 12.7. The van der Waals surface area contributed by atoms with Gasteiger partial charge in [-0.15, -0.1) is 0 Å². The van der Waals surface area contributed by atoms with Gasteiger partial charge in [-0.25, -0.2) is 4.79 Å². The van der Waals surface area contributed by atoms with Crippen LogP contribution in [0.5, 0.6) is 17.2 Å². The largest absolute Gasteiger partial charge is 0.493 e. The first-order valence-corrected chi connectivity index (χ1v) is 10.5. The Hall–Kier alpha value is -3.69. The van der Waals surface area contributed by atoms with Gasteiger partial charge < -0.3 is 24.8 Å². The van der Waals surface area contributed by atoms with Crippen molar-refractivity contribution >= 4 is 23.5 Å². The number of aromatic amines is 1. The van der Waals surface area contributed by atoms with E-state index in [1.807, 2.05) is 6.92 Å². The third-order valence-corrected chi connectivity index (χ3v) is 5.07. The summed E-state index contributed by atoms with van der Waals surface area (Å²) in [7, 11) is 1.52. The van der Waals surface area contributed by atoms with Crippen LogP contribution in [0.3, 0.4) is 0 Å². The summed E-state index contributed by atoms with van der Waals surface area (Å²) >= 11 is 0. The van der Waals surface area contributed by atoms with Gasteiger partial charge in [0.15, 0.2) is 17.2 Å². The van der Waals surface area contributed by atoms with Crippen LogP contribution in [0.1, 0.15) is 32.3 Å². The molecule has 1 aromatic heterocycles. The molecule has 32 heavy (non-hydrogen) atoms. The minimum Gasteiger partial charge on any atom is -0.493 e. The third kappa shape index (κ3) is 4.63. The second-order valence-corrected chi connectivity index (χ2v) is 7.16. The lowest BCUT2D eigenvalue weighted by Crippen LogP contribution is -2.40. The lowest BCUT2D eigenvalue weighted by atomic mass is 10.1. The molecule has 0 fully saturated rings. The minimum absolute atomic E-state index is 0.0307. The van der Waals surface area contributed by atoms with Crippen LogP contribution in [0.4, 0.5) is 11.5 Å². The zero-order valence-electron chi connectivity index (χ0n) is 18.5. The van der Waals surface area contributed by atoms with E-state index in [0.29, 0.717) is 49.0 Å². The number of hydrogen-bond donors (Lipinski definition) is 2. The molecule has 0 aliphatic carbocycles. The summed E-state index contributed by atoms with van der Waals surface area (Å²) < 4.78 is 17.8. The number of carbonyl (C=O) groups is 1. The van der Waals surface area contributed by atoms with Gasteiger partial charge >= 0.3 is 5.69 Å². The van der Waals surface area contributed by atoms with Crippen LogP contribution in [-0.4, -0.2) is 42.3 Å². The van der Waals surface area contributed by atoms with E-state index < -0.39 is 17.2 Å². The number of methoxy groups -OCH3 is 1. The molecule has 10 nitrogen and oxygen atoms in total. The van der Waals surface area contributed by atoms with Gasteiger partial charge in [-0.05, 0) is 37.1 Å². The molecule has 172 valence electrons. The number of carbonyl (C=O) groups excluding carboxylic acids is 1. The molecule has 0 saturated carbocycles. The van der Waals surface area contributed by atoms with Gasteiger partial charge in [-0.2, -0.15) is 0 Å². The number of nitrogens with two attached hydrogens (primary N) is 1. The van der Waals surface area contributed by atoms with E-state index in [1.54, 1.807) is 25.1 Å². The topological polar surface area (TPSA) is 129 Å². The fraction of sp³-hybridized carbons (Fsp3) is 0.409. The van der Waals surface area contributed by atoms with Crippen LogP contribution in [0.15, 0.2) is 27.8 Å². The van der Waals surface area contributed by atoms with E-state index in [4.69, 9.17) is 19.9 Å². The van der Waals surface area contributed by atoms with Crippen LogP contribution in [0.2, 0.25) is 0 Å². The summed E-state index contributed by atoms with van der Waals surface area (Å²) in [6.45, 7) is 5.09. The average molecular weight is 444 g/mol. The second-order valence-electron chi connectivity index (χ2n) is 7.16. The van der Waals surface area contributed by atoms with Gasteiger partial charge in [0.1, 0.15) is 19.0 Å². The van der Waals surface area contributed by atoms with Crippen molar-refractivity contribution in [3.8, 4) is 17.2 Å². The number of anilines is 2. The molecule has 0 saturated heterocycles. The molecule has 3 rings (SSSR count). The van der Waals surface area contributed by atoms with Crippen molar-refractivity contribution < 1.29 is 19.0 Å². The van der Waals surface area contributed by atoms with E-state index in [2.05, 4.69) is 4.98 Å². The highest BCUT2D eigenvalue weighted by Gasteiger charge is 2.22. The Kier molecular flexibility index (Phi) is 7.24. The number of unbranched alkanes of at least 4 members (excludes halogenated alkanes) is 1. The molecule has 2 aromatic rings. The Labute approximate surface area is 185 Å². The molecular weight excluding hydrogens is 416 g/mol. The van der Waals surface area contributed by atoms with Crippen molar-refractivity contribution in [2.45, 2.75) is 33.2 Å². The maximum absolute atomic E-state index is 13.0. The Balaban J connectivity index is 1.93. The van der Waals surface area contributed by atoms with Gasteiger partial charge in [-0.3, -0.25) is 19.1 Å². The molecule has 0 radical (unpaired) electrons. The molecular formula is C22H28N4O6. The second kappa shape index (κ2) is 10.1. The zero-order chi connectivity index (χ0) is 23.3. The first kappa shape index (κ1) is 23.0. The van der Waals surface area contributed by atoms with Crippen molar-refractivity contribution in [2.75, 3.05) is 37.5 Å². The van der Waals surface area contributed by atoms with E-state index in [-0.39, 0.29) is 18.1 Å². The number of hydrogen-bond acceptors (Lipinski definition) is 7. The molecule has 10 heteroatoms. The monoisotopic (exact) mass is 444 g/mol. The summed E-state index contributed by atoms with van der Waals surface area (Å²) in [4.78, 5) is 41.1. The predicted octanol–water partition coefficient (Wildman–Crippen LogP) is 1.76.